The molecule has 0 radical (unpaired) electrons. The molecular weight excluding hydrogens is 260 g/mol. The van der Waals surface area contributed by atoms with Crippen LogP contribution in [0.5, 0.6) is 5.75 Å². The second-order valence-corrected chi connectivity index (χ2v) is 4.14. The van der Waals surface area contributed by atoms with Gasteiger partial charge in [-0.3, -0.25) is 9.59 Å². The Morgan fingerprint density at radius 1 is 1.50 bits per heavy atom. The van der Waals surface area contributed by atoms with Crippen molar-refractivity contribution in [3.63, 3.8) is 0 Å². The van der Waals surface area contributed by atoms with Gasteiger partial charge in [-0.1, -0.05) is 12.1 Å². The van der Waals surface area contributed by atoms with Crippen molar-refractivity contribution in [1.82, 2.24) is 10.9 Å². The standard InChI is InChI=1S/C13H14N4O3/c1-8-11(15-17-12(8)18)13(19)16-14-7-9-5-3-4-6-10(9)20-2/h3-8H,1-2H3,(H,16,19)(H,17,18). The molecule has 0 bridgehead atoms. The number of methoxy groups -OCH3 is 1. The molecule has 2 rings (SSSR count). The van der Waals surface area contributed by atoms with Crippen LogP contribution in [0.25, 0.3) is 0 Å². The number of nitrogens with one attached hydrogen (secondary N) is 2. The van der Waals surface area contributed by atoms with E-state index in [1.54, 1.807) is 26.2 Å². The molecule has 0 saturated heterocycles. The molecule has 0 fully saturated rings. The minimum atomic E-state index is -0.573. The average molecular weight is 274 g/mol. The summed E-state index contributed by atoms with van der Waals surface area (Å²) in [4.78, 5) is 23.0. The molecule has 7 heteroatoms. The van der Waals surface area contributed by atoms with E-state index in [4.69, 9.17) is 4.74 Å². The Labute approximate surface area is 115 Å². The molecule has 1 aromatic rings. The van der Waals surface area contributed by atoms with Gasteiger partial charge in [0.1, 0.15) is 11.5 Å². The Balaban J connectivity index is 2.00. The summed E-state index contributed by atoms with van der Waals surface area (Å²) >= 11 is 0. The van der Waals surface area contributed by atoms with Gasteiger partial charge in [0.05, 0.1) is 19.2 Å². The topological polar surface area (TPSA) is 92.2 Å². The van der Waals surface area contributed by atoms with Gasteiger partial charge in [-0.05, 0) is 19.1 Å². The molecule has 1 heterocycles. The van der Waals surface area contributed by atoms with Crippen molar-refractivity contribution in [2.45, 2.75) is 6.92 Å². The third-order valence-corrected chi connectivity index (χ3v) is 2.83. The monoisotopic (exact) mass is 274 g/mol. The average Bonchev–Trinajstić information content (AvgIpc) is 2.79. The first kappa shape index (κ1) is 13.7. The van der Waals surface area contributed by atoms with Crippen molar-refractivity contribution in [3.8, 4) is 5.75 Å². The largest absolute Gasteiger partial charge is 0.496 e. The molecule has 0 aromatic heterocycles. The number of para-hydroxylation sites is 1. The fraction of sp³-hybridized carbons (Fsp3) is 0.231. The van der Waals surface area contributed by atoms with Crippen LogP contribution in [0.4, 0.5) is 0 Å². The van der Waals surface area contributed by atoms with Crippen molar-refractivity contribution < 1.29 is 14.3 Å². The zero-order valence-electron chi connectivity index (χ0n) is 11.1. The summed E-state index contributed by atoms with van der Waals surface area (Å²) in [6.07, 6.45) is 1.46. The highest BCUT2D eigenvalue weighted by Gasteiger charge is 2.30. The van der Waals surface area contributed by atoms with Gasteiger partial charge in [-0.25, -0.2) is 10.9 Å². The highest BCUT2D eigenvalue weighted by Crippen LogP contribution is 2.14. The summed E-state index contributed by atoms with van der Waals surface area (Å²) in [5, 5.41) is 7.49. The third kappa shape index (κ3) is 2.82. The first-order valence-corrected chi connectivity index (χ1v) is 5.97. The summed E-state index contributed by atoms with van der Waals surface area (Å²) in [7, 11) is 1.55. The molecule has 1 aromatic carbocycles. The number of ether oxygens (including phenoxy) is 1. The van der Waals surface area contributed by atoms with Gasteiger partial charge < -0.3 is 4.74 Å². The number of benzene rings is 1. The molecule has 1 aliphatic heterocycles. The van der Waals surface area contributed by atoms with E-state index in [-0.39, 0.29) is 11.6 Å². The molecular formula is C13H14N4O3. The maximum Gasteiger partial charge on any atom is 0.288 e. The van der Waals surface area contributed by atoms with Crippen LogP contribution in [-0.2, 0) is 9.59 Å². The molecule has 7 nitrogen and oxygen atoms in total. The maximum atomic E-state index is 11.8. The summed E-state index contributed by atoms with van der Waals surface area (Å²) < 4.78 is 5.15. The van der Waals surface area contributed by atoms with Crippen LogP contribution in [-0.4, -0.2) is 30.9 Å². The van der Waals surface area contributed by atoms with Crippen LogP contribution >= 0.6 is 0 Å². The van der Waals surface area contributed by atoms with E-state index in [1.807, 2.05) is 12.1 Å². The van der Waals surface area contributed by atoms with Gasteiger partial charge >= 0.3 is 0 Å². The highest BCUT2D eigenvalue weighted by molar-refractivity contribution is 6.44. The third-order valence-electron chi connectivity index (χ3n) is 2.83. The van der Waals surface area contributed by atoms with Crippen LogP contribution in [0.3, 0.4) is 0 Å². The maximum absolute atomic E-state index is 11.8. The van der Waals surface area contributed by atoms with Crippen molar-refractivity contribution >= 4 is 23.7 Å². The molecule has 1 aliphatic rings. The van der Waals surface area contributed by atoms with Crippen LogP contribution in [0.2, 0.25) is 0 Å². The van der Waals surface area contributed by atoms with Gasteiger partial charge in [-0.15, -0.1) is 0 Å². The van der Waals surface area contributed by atoms with Gasteiger partial charge in [0, 0.05) is 5.56 Å². The number of nitrogens with zero attached hydrogens (tertiary/aromatic N) is 2. The fourth-order valence-corrected chi connectivity index (χ4v) is 1.67. The highest BCUT2D eigenvalue weighted by atomic mass is 16.5. The van der Waals surface area contributed by atoms with Gasteiger partial charge in [0.25, 0.3) is 5.91 Å². The van der Waals surface area contributed by atoms with Crippen LogP contribution < -0.4 is 15.6 Å². The number of hydrogen-bond donors (Lipinski definition) is 2. The van der Waals surface area contributed by atoms with Crippen LogP contribution in [0.15, 0.2) is 34.5 Å². The smallest absolute Gasteiger partial charge is 0.288 e. The van der Waals surface area contributed by atoms with Gasteiger partial charge in [-0.2, -0.15) is 10.2 Å². The zero-order chi connectivity index (χ0) is 14.5. The minimum absolute atomic E-state index is 0.118. The van der Waals surface area contributed by atoms with E-state index in [1.165, 1.54) is 6.21 Å². The number of carbonyl (C=O) groups excluding carboxylic acids is 2. The number of hydrazone groups is 2. The molecule has 1 atom stereocenters. The number of carbonyl (C=O) groups is 2. The lowest BCUT2D eigenvalue weighted by Crippen LogP contribution is -2.32. The SMILES string of the molecule is COc1ccccc1C=NNC(=O)C1=NNC(=O)C1C. The Kier molecular flexibility index (Phi) is 4.09. The fourth-order valence-electron chi connectivity index (χ4n) is 1.67. The van der Waals surface area contributed by atoms with E-state index < -0.39 is 11.8 Å². The Morgan fingerprint density at radius 2 is 2.25 bits per heavy atom. The molecule has 0 spiro atoms. The molecule has 0 saturated carbocycles. The van der Waals surface area contributed by atoms with Crippen molar-refractivity contribution in [1.29, 1.82) is 0 Å². The Bertz CT molecular complexity index is 595. The van der Waals surface area contributed by atoms with E-state index in [9.17, 15) is 9.59 Å². The summed E-state index contributed by atoms with van der Waals surface area (Å²) in [5.41, 5.74) is 5.42. The molecule has 2 N–H and O–H groups in total. The quantitative estimate of drug-likeness (QED) is 0.609. The van der Waals surface area contributed by atoms with E-state index >= 15 is 0 Å². The van der Waals surface area contributed by atoms with Gasteiger partial charge in [0.2, 0.25) is 5.91 Å². The lowest BCUT2D eigenvalue weighted by atomic mass is 10.1. The van der Waals surface area contributed by atoms with Gasteiger partial charge in [0.15, 0.2) is 0 Å². The predicted molar refractivity (Wildman–Crippen MR) is 73.5 cm³/mol. The van der Waals surface area contributed by atoms with Crippen molar-refractivity contribution in [3.05, 3.63) is 29.8 Å². The summed E-state index contributed by atoms with van der Waals surface area (Å²) in [6.45, 7) is 1.60. The molecule has 20 heavy (non-hydrogen) atoms. The number of hydrogen-bond acceptors (Lipinski definition) is 5. The molecule has 0 aliphatic carbocycles. The minimum Gasteiger partial charge on any atom is -0.496 e. The predicted octanol–water partition coefficient (Wildman–Crippen LogP) is 0.267. The van der Waals surface area contributed by atoms with Crippen molar-refractivity contribution in [2.24, 2.45) is 16.1 Å². The van der Waals surface area contributed by atoms with E-state index in [0.29, 0.717) is 5.75 Å². The normalized spacial score (nSPS) is 17.8. The first-order valence-electron chi connectivity index (χ1n) is 5.97. The Morgan fingerprint density at radius 3 is 2.90 bits per heavy atom. The second-order valence-electron chi connectivity index (χ2n) is 4.14. The molecule has 2 amide bonds. The molecule has 1 unspecified atom stereocenters. The lowest BCUT2D eigenvalue weighted by Gasteiger charge is -2.04. The van der Waals surface area contributed by atoms with Crippen LogP contribution in [0, 0.1) is 5.92 Å². The number of rotatable bonds is 4. The van der Waals surface area contributed by atoms with Crippen LogP contribution in [0.1, 0.15) is 12.5 Å². The van der Waals surface area contributed by atoms with Crippen molar-refractivity contribution in [2.75, 3.05) is 7.11 Å². The summed E-state index contributed by atoms with van der Waals surface area (Å²) in [5.74, 6) is -0.740. The second kappa shape index (κ2) is 5.96. The first-order chi connectivity index (χ1) is 9.63. The zero-order valence-corrected chi connectivity index (χ0v) is 11.1. The van der Waals surface area contributed by atoms with E-state index in [0.717, 1.165) is 5.56 Å². The Hall–Kier alpha value is -2.70. The molecule has 104 valence electrons. The summed E-state index contributed by atoms with van der Waals surface area (Å²) in [6, 6.07) is 7.25. The lowest BCUT2D eigenvalue weighted by molar-refractivity contribution is -0.122. The number of amides is 2. The van der Waals surface area contributed by atoms with E-state index in [2.05, 4.69) is 21.1 Å².